The zero-order chi connectivity index (χ0) is 17.6. The maximum atomic E-state index is 13.1. The second kappa shape index (κ2) is 5.93. The summed E-state index contributed by atoms with van der Waals surface area (Å²) >= 11 is 1.33. The van der Waals surface area contributed by atoms with E-state index in [1.165, 1.54) is 34.4 Å². The molecule has 0 atom stereocenters. The average Bonchev–Trinajstić information content (AvgIpc) is 3.02. The van der Waals surface area contributed by atoms with Crippen molar-refractivity contribution in [3.8, 4) is 5.69 Å². The van der Waals surface area contributed by atoms with Crippen molar-refractivity contribution < 1.29 is 4.39 Å². The van der Waals surface area contributed by atoms with Crippen LogP contribution in [0.1, 0.15) is 6.92 Å². The van der Waals surface area contributed by atoms with E-state index in [-0.39, 0.29) is 11.4 Å². The Bertz CT molecular complexity index is 1130. The summed E-state index contributed by atoms with van der Waals surface area (Å²) in [7, 11) is 2.00. The number of aromatic nitrogens is 3. The number of anilines is 1. The minimum Gasteiger partial charge on any atom is -0.374 e. The lowest BCUT2D eigenvalue weighted by Crippen LogP contribution is -2.18. The van der Waals surface area contributed by atoms with Crippen LogP contribution in [0, 0.1) is 5.82 Å². The molecule has 0 unspecified atom stereocenters. The van der Waals surface area contributed by atoms with Gasteiger partial charge in [-0.1, -0.05) is 0 Å². The van der Waals surface area contributed by atoms with Crippen LogP contribution in [0.5, 0.6) is 0 Å². The number of hydrogen-bond acceptors (Lipinski definition) is 5. The van der Waals surface area contributed by atoms with E-state index in [9.17, 15) is 9.18 Å². The Hall–Kier alpha value is -2.80. The van der Waals surface area contributed by atoms with Gasteiger partial charge in [0.2, 0.25) is 0 Å². The van der Waals surface area contributed by atoms with Gasteiger partial charge in [0, 0.05) is 19.8 Å². The minimum absolute atomic E-state index is 0.176. The molecule has 25 heavy (non-hydrogen) atoms. The predicted octanol–water partition coefficient (Wildman–Crippen LogP) is 3.59. The summed E-state index contributed by atoms with van der Waals surface area (Å²) < 4.78 is 15.1. The molecule has 5 nitrogen and oxygen atoms in total. The van der Waals surface area contributed by atoms with Crippen LogP contribution in [0.2, 0.25) is 0 Å². The van der Waals surface area contributed by atoms with Gasteiger partial charge in [-0.15, -0.1) is 11.3 Å². The van der Waals surface area contributed by atoms with Gasteiger partial charge in [-0.05, 0) is 37.3 Å². The highest BCUT2D eigenvalue weighted by molar-refractivity contribution is 7.25. The molecule has 0 aliphatic carbocycles. The monoisotopic (exact) mass is 354 g/mol. The van der Waals surface area contributed by atoms with Crippen molar-refractivity contribution in [2.24, 2.45) is 0 Å². The third-order valence-electron chi connectivity index (χ3n) is 4.25. The molecule has 4 aromatic rings. The van der Waals surface area contributed by atoms with Crippen LogP contribution in [0.3, 0.4) is 0 Å². The van der Waals surface area contributed by atoms with Crippen molar-refractivity contribution in [2.75, 3.05) is 18.5 Å². The van der Waals surface area contributed by atoms with Crippen molar-refractivity contribution in [1.82, 2.24) is 14.5 Å². The Morgan fingerprint density at radius 2 is 1.96 bits per heavy atom. The van der Waals surface area contributed by atoms with Crippen molar-refractivity contribution in [1.29, 1.82) is 0 Å². The number of hydrogen-bond donors (Lipinski definition) is 0. The molecule has 126 valence electrons. The summed E-state index contributed by atoms with van der Waals surface area (Å²) in [5.41, 5.74) is 2.07. The predicted molar refractivity (Wildman–Crippen MR) is 99.4 cm³/mol. The Morgan fingerprint density at radius 1 is 1.20 bits per heavy atom. The molecule has 0 N–H and O–H groups in total. The molecular weight excluding hydrogens is 339 g/mol. The summed E-state index contributed by atoms with van der Waals surface area (Å²) in [5, 5.41) is 0.898. The zero-order valence-corrected chi connectivity index (χ0v) is 14.5. The SMILES string of the molecule is CCN(C)c1ccnc2sc3c(=O)n(-c4ccc(F)cc4)cnc3c12. The Balaban J connectivity index is 2.01. The van der Waals surface area contributed by atoms with Crippen LogP contribution in [0.25, 0.3) is 26.1 Å². The third-order valence-corrected chi connectivity index (χ3v) is 5.33. The largest absolute Gasteiger partial charge is 0.374 e. The van der Waals surface area contributed by atoms with Crippen LogP contribution < -0.4 is 10.5 Å². The molecule has 0 spiro atoms. The summed E-state index contributed by atoms with van der Waals surface area (Å²) in [6.45, 7) is 2.90. The first-order chi connectivity index (χ1) is 12.1. The lowest BCUT2D eigenvalue weighted by molar-refractivity contribution is 0.627. The lowest BCUT2D eigenvalue weighted by atomic mass is 10.2. The van der Waals surface area contributed by atoms with E-state index in [4.69, 9.17) is 0 Å². The quantitative estimate of drug-likeness (QED) is 0.564. The van der Waals surface area contributed by atoms with Crippen molar-refractivity contribution in [2.45, 2.75) is 6.92 Å². The van der Waals surface area contributed by atoms with Crippen LogP contribution in [0.15, 0.2) is 47.7 Å². The number of thiophene rings is 1. The maximum absolute atomic E-state index is 13.1. The second-order valence-corrected chi connectivity index (χ2v) is 6.70. The van der Waals surface area contributed by atoms with Gasteiger partial charge >= 0.3 is 0 Å². The number of rotatable bonds is 3. The van der Waals surface area contributed by atoms with Gasteiger partial charge in [-0.25, -0.2) is 14.4 Å². The maximum Gasteiger partial charge on any atom is 0.275 e. The van der Waals surface area contributed by atoms with Gasteiger partial charge in [0.25, 0.3) is 5.56 Å². The van der Waals surface area contributed by atoms with Crippen molar-refractivity contribution in [3.05, 3.63) is 59.0 Å². The van der Waals surface area contributed by atoms with Crippen LogP contribution in [-0.4, -0.2) is 28.1 Å². The molecule has 0 bridgehead atoms. The number of pyridine rings is 1. The molecule has 7 heteroatoms. The molecule has 1 aromatic carbocycles. The Labute approximate surface area is 147 Å². The molecule has 3 heterocycles. The summed E-state index contributed by atoms with van der Waals surface area (Å²) in [6.07, 6.45) is 3.24. The minimum atomic E-state index is -0.343. The van der Waals surface area contributed by atoms with E-state index in [0.29, 0.717) is 15.9 Å². The van der Waals surface area contributed by atoms with E-state index in [0.717, 1.165) is 22.4 Å². The number of nitrogens with zero attached hydrogens (tertiary/aromatic N) is 4. The fourth-order valence-corrected chi connectivity index (χ4v) is 3.86. The first kappa shape index (κ1) is 15.7. The van der Waals surface area contributed by atoms with E-state index in [1.54, 1.807) is 18.3 Å². The zero-order valence-electron chi connectivity index (χ0n) is 13.7. The highest BCUT2D eigenvalue weighted by Gasteiger charge is 2.17. The standard InChI is InChI=1S/C18H15FN4OS/c1-3-22(2)13-8-9-20-17-14(13)15-16(25-17)18(24)23(10-21-15)12-6-4-11(19)5-7-12/h4-10H,3H2,1-2H3. The highest BCUT2D eigenvalue weighted by Crippen LogP contribution is 2.35. The first-order valence-electron chi connectivity index (χ1n) is 7.86. The molecule has 4 rings (SSSR count). The van der Waals surface area contributed by atoms with Gasteiger partial charge in [0.1, 0.15) is 27.2 Å². The fourth-order valence-electron chi connectivity index (χ4n) is 2.81. The molecular formula is C18H15FN4OS. The number of benzene rings is 1. The van der Waals surface area contributed by atoms with E-state index < -0.39 is 0 Å². The van der Waals surface area contributed by atoms with Crippen molar-refractivity contribution >= 4 is 37.5 Å². The first-order valence-corrected chi connectivity index (χ1v) is 8.67. The molecule has 0 amide bonds. The summed E-state index contributed by atoms with van der Waals surface area (Å²) in [6, 6.07) is 7.71. The van der Waals surface area contributed by atoms with Crippen LogP contribution in [0.4, 0.5) is 10.1 Å². The fraction of sp³-hybridized carbons (Fsp3) is 0.167. The molecule has 0 saturated heterocycles. The molecule has 0 aliphatic rings. The normalized spacial score (nSPS) is 11.3. The topological polar surface area (TPSA) is 51.0 Å². The molecule has 3 aromatic heterocycles. The van der Waals surface area contributed by atoms with Gasteiger partial charge in [0.15, 0.2) is 0 Å². The summed E-state index contributed by atoms with van der Waals surface area (Å²) in [5.74, 6) is -0.343. The van der Waals surface area contributed by atoms with Gasteiger partial charge in [-0.2, -0.15) is 0 Å². The molecule has 0 aliphatic heterocycles. The lowest BCUT2D eigenvalue weighted by Gasteiger charge is -2.17. The van der Waals surface area contributed by atoms with E-state index in [2.05, 4.69) is 21.8 Å². The van der Waals surface area contributed by atoms with Gasteiger partial charge in [-0.3, -0.25) is 9.36 Å². The van der Waals surface area contributed by atoms with Gasteiger partial charge in [0.05, 0.1) is 16.8 Å². The van der Waals surface area contributed by atoms with Gasteiger partial charge < -0.3 is 4.90 Å². The third kappa shape index (κ3) is 2.47. The molecule has 0 saturated carbocycles. The van der Waals surface area contributed by atoms with Crippen LogP contribution in [-0.2, 0) is 0 Å². The number of halogens is 1. The highest BCUT2D eigenvalue weighted by atomic mass is 32.1. The Kier molecular flexibility index (Phi) is 3.73. The molecule has 0 fully saturated rings. The van der Waals surface area contributed by atoms with Crippen LogP contribution >= 0.6 is 11.3 Å². The average molecular weight is 354 g/mol. The smallest absolute Gasteiger partial charge is 0.275 e. The van der Waals surface area contributed by atoms with Crippen molar-refractivity contribution in [3.63, 3.8) is 0 Å². The van der Waals surface area contributed by atoms with E-state index >= 15 is 0 Å². The Morgan fingerprint density at radius 3 is 2.68 bits per heavy atom. The molecule has 0 radical (unpaired) electrons. The second-order valence-electron chi connectivity index (χ2n) is 5.70. The van der Waals surface area contributed by atoms with E-state index in [1.807, 2.05) is 13.1 Å². The summed E-state index contributed by atoms with van der Waals surface area (Å²) in [4.78, 5) is 24.7. The number of fused-ring (bicyclic) bond motifs is 3.